The molecule has 0 aromatic rings. The van der Waals surface area contributed by atoms with Gasteiger partial charge in [-0.1, -0.05) is 0 Å². The molecule has 2 atom stereocenters. The lowest BCUT2D eigenvalue weighted by Crippen LogP contribution is -2.41. The second-order valence-corrected chi connectivity index (χ2v) is 7.36. The van der Waals surface area contributed by atoms with Crippen LogP contribution < -0.4 is 0 Å². The van der Waals surface area contributed by atoms with Crippen LogP contribution in [0.5, 0.6) is 0 Å². The van der Waals surface area contributed by atoms with Gasteiger partial charge in [0.15, 0.2) is 0 Å². The first-order valence-corrected chi connectivity index (χ1v) is 8.87. The van der Waals surface area contributed by atoms with E-state index in [4.69, 9.17) is 0 Å². The molecule has 1 saturated heterocycles. The number of nitrogens with zero attached hydrogens (tertiary/aromatic N) is 3. The fraction of sp³-hybridized carbons (Fsp3) is 1.00. The molecule has 21 heavy (non-hydrogen) atoms. The van der Waals surface area contributed by atoms with Gasteiger partial charge in [-0.05, 0) is 13.8 Å². The van der Waals surface area contributed by atoms with E-state index in [2.05, 4.69) is 0 Å². The Bertz CT molecular complexity index is 328. The molecule has 1 heterocycles. The van der Waals surface area contributed by atoms with E-state index in [1.165, 1.54) is 4.67 Å². The molecule has 0 saturated carbocycles. The molecule has 1 rings (SSSR count). The summed E-state index contributed by atoms with van der Waals surface area (Å²) in [6.07, 6.45) is -0.973. The minimum Gasteiger partial charge on any atom is -0.392 e. The predicted octanol–water partition coefficient (Wildman–Crippen LogP) is -1.24. The zero-order valence-corrected chi connectivity index (χ0v) is 13.7. The number of hydrogen-bond donors (Lipinski definition) is 4. The maximum Gasteiger partial charge on any atom is 0.403 e. The zero-order chi connectivity index (χ0) is 16.0. The lowest BCUT2D eigenvalue weighted by molar-refractivity contribution is 0.102. The minimum absolute atomic E-state index is 0.263. The van der Waals surface area contributed by atoms with Gasteiger partial charge in [0.1, 0.15) is 0 Å². The van der Waals surface area contributed by atoms with Crippen molar-refractivity contribution in [1.29, 1.82) is 0 Å². The van der Waals surface area contributed by atoms with Gasteiger partial charge in [-0.3, -0.25) is 9.80 Å². The van der Waals surface area contributed by atoms with Gasteiger partial charge in [0.05, 0.1) is 12.2 Å². The molecule has 0 aromatic carbocycles. The summed E-state index contributed by atoms with van der Waals surface area (Å²) < 4.78 is 12.7. The molecule has 126 valence electrons. The first-order chi connectivity index (χ1) is 9.68. The quantitative estimate of drug-likeness (QED) is 0.465. The van der Waals surface area contributed by atoms with Gasteiger partial charge < -0.3 is 20.0 Å². The lowest BCUT2D eigenvalue weighted by atomic mass is 10.3. The molecule has 0 spiro atoms. The number of β-amino-alcohol motifs (C(OH)–C–C–N with tert-alkyl or cyclic N) is 2. The van der Waals surface area contributed by atoms with Gasteiger partial charge in [-0.2, -0.15) is 0 Å². The van der Waals surface area contributed by atoms with Crippen LogP contribution in [0.1, 0.15) is 13.8 Å². The summed E-state index contributed by atoms with van der Waals surface area (Å²) in [6, 6.07) is 0. The van der Waals surface area contributed by atoms with E-state index in [0.29, 0.717) is 39.3 Å². The third-order valence-electron chi connectivity index (χ3n) is 3.49. The second-order valence-electron chi connectivity index (χ2n) is 5.77. The number of hydrogen-bond acceptors (Lipinski definition) is 5. The Hall–Kier alpha value is -0.0500. The summed E-state index contributed by atoms with van der Waals surface area (Å²) in [4.78, 5) is 22.8. The summed E-state index contributed by atoms with van der Waals surface area (Å²) in [5, 5.41) is 19.0. The van der Waals surface area contributed by atoms with Crippen LogP contribution in [0.3, 0.4) is 0 Å². The van der Waals surface area contributed by atoms with E-state index < -0.39 is 20.0 Å². The van der Waals surface area contributed by atoms with Crippen LogP contribution in [0.4, 0.5) is 0 Å². The third-order valence-corrected chi connectivity index (χ3v) is 4.63. The fourth-order valence-corrected chi connectivity index (χ4v) is 3.20. The van der Waals surface area contributed by atoms with Gasteiger partial charge in [0.25, 0.3) is 0 Å². The van der Waals surface area contributed by atoms with E-state index in [1.54, 1.807) is 13.8 Å². The Balaban J connectivity index is 2.74. The Morgan fingerprint density at radius 2 is 1.19 bits per heavy atom. The molecular weight excluding hydrogens is 297 g/mol. The van der Waals surface area contributed by atoms with Gasteiger partial charge in [-0.25, -0.2) is 9.24 Å². The molecule has 1 aliphatic rings. The molecule has 0 aliphatic carbocycles. The van der Waals surface area contributed by atoms with Crippen LogP contribution in [0, 0.1) is 0 Å². The van der Waals surface area contributed by atoms with E-state index in [0.717, 1.165) is 0 Å². The molecule has 8 nitrogen and oxygen atoms in total. The summed E-state index contributed by atoms with van der Waals surface area (Å²) in [5.74, 6) is 0. The van der Waals surface area contributed by atoms with Crippen LogP contribution in [0.2, 0.25) is 0 Å². The average Bonchev–Trinajstić information content (AvgIpc) is 2.39. The van der Waals surface area contributed by atoms with E-state index in [1.807, 2.05) is 9.80 Å². The molecule has 0 bridgehead atoms. The smallest absolute Gasteiger partial charge is 0.392 e. The Morgan fingerprint density at radius 1 is 0.857 bits per heavy atom. The number of rotatable bonds is 5. The molecule has 0 radical (unpaired) electrons. The summed E-state index contributed by atoms with van der Waals surface area (Å²) in [6.45, 7) is 7.26. The highest BCUT2D eigenvalue weighted by Gasteiger charge is 2.27. The maximum atomic E-state index is 11.5. The van der Waals surface area contributed by atoms with Gasteiger partial charge in [0, 0.05) is 52.4 Å². The molecule has 9 heteroatoms. The average molecular weight is 325 g/mol. The van der Waals surface area contributed by atoms with Crippen LogP contribution in [0.15, 0.2) is 0 Å². The van der Waals surface area contributed by atoms with E-state index in [-0.39, 0.29) is 13.1 Å². The Labute approximate surface area is 126 Å². The zero-order valence-electron chi connectivity index (χ0n) is 12.8. The first kappa shape index (κ1) is 19.0. The maximum absolute atomic E-state index is 11.5. The highest BCUT2D eigenvalue weighted by molar-refractivity contribution is 7.49. The molecule has 0 amide bonds. The third kappa shape index (κ3) is 7.67. The van der Waals surface area contributed by atoms with Crippen LogP contribution in [-0.4, -0.2) is 99.0 Å². The fourth-order valence-electron chi connectivity index (χ4n) is 2.50. The summed E-state index contributed by atoms with van der Waals surface area (Å²) >= 11 is 0. The van der Waals surface area contributed by atoms with Crippen molar-refractivity contribution in [3.05, 3.63) is 0 Å². The van der Waals surface area contributed by atoms with E-state index in [9.17, 15) is 24.6 Å². The molecule has 2 unspecified atom stereocenters. The van der Waals surface area contributed by atoms with Crippen molar-refractivity contribution >= 4 is 7.75 Å². The van der Waals surface area contributed by atoms with E-state index >= 15 is 0 Å². The SMILES string of the molecule is CC(O)CN1CCN(CC(C)O)CCN(P(=O)(O)O)CC1. The normalized spacial score (nSPS) is 24.1. The van der Waals surface area contributed by atoms with Gasteiger partial charge in [-0.15, -0.1) is 0 Å². The lowest BCUT2D eigenvalue weighted by Gasteiger charge is -2.27. The molecular formula is C12H28N3O5P. The predicted molar refractivity (Wildman–Crippen MR) is 79.9 cm³/mol. The van der Waals surface area contributed by atoms with Crippen molar-refractivity contribution in [2.45, 2.75) is 26.1 Å². The van der Waals surface area contributed by atoms with Crippen molar-refractivity contribution in [3.8, 4) is 0 Å². The first-order valence-electron chi connectivity index (χ1n) is 7.30. The second kappa shape index (κ2) is 8.55. The molecule has 4 N–H and O–H groups in total. The number of aliphatic hydroxyl groups excluding tert-OH is 2. The molecule has 1 fully saturated rings. The Morgan fingerprint density at radius 3 is 1.48 bits per heavy atom. The molecule has 1 aliphatic heterocycles. The van der Waals surface area contributed by atoms with Crippen molar-refractivity contribution < 1.29 is 24.6 Å². The summed E-state index contributed by atoms with van der Waals surface area (Å²) in [7, 11) is -4.27. The van der Waals surface area contributed by atoms with Crippen molar-refractivity contribution in [2.24, 2.45) is 0 Å². The van der Waals surface area contributed by atoms with Crippen LogP contribution in [0.25, 0.3) is 0 Å². The van der Waals surface area contributed by atoms with Gasteiger partial charge in [0.2, 0.25) is 0 Å². The van der Waals surface area contributed by atoms with Crippen LogP contribution >= 0.6 is 7.75 Å². The van der Waals surface area contributed by atoms with Crippen LogP contribution in [-0.2, 0) is 4.57 Å². The highest BCUT2D eigenvalue weighted by atomic mass is 31.2. The van der Waals surface area contributed by atoms with Crippen molar-refractivity contribution in [2.75, 3.05) is 52.4 Å². The topological polar surface area (TPSA) is 108 Å². The molecule has 0 aromatic heterocycles. The highest BCUT2D eigenvalue weighted by Crippen LogP contribution is 2.39. The van der Waals surface area contributed by atoms with Crippen molar-refractivity contribution in [1.82, 2.24) is 14.5 Å². The van der Waals surface area contributed by atoms with Gasteiger partial charge >= 0.3 is 7.75 Å². The largest absolute Gasteiger partial charge is 0.403 e. The number of aliphatic hydroxyl groups is 2. The standard InChI is InChI=1S/C12H28N3O5P/c1-11(16)9-13-3-4-14(10-12(2)17)6-8-15(7-5-13)21(18,19)20/h11-12,16-17H,3-10H2,1-2H3,(H2,18,19,20). The monoisotopic (exact) mass is 325 g/mol. The summed E-state index contributed by atoms with van der Waals surface area (Å²) in [5.41, 5.74) is 0. The Kier molecular flexibility index (Phi) is 7.73. The van der Waals surface area contributed by atoms with Crippen molar-refractivity contribution in [3.63, 3.8) is 0 Å². The minimum atomic E-state index is -4.27.